The Morgan fingerprint density at radius 3 is 2.44 bits per heavy atom. The number of hydrogen-bond acceptors (Lipinski definition) is 3. The van der Waals surface area contributed by atoms with E-state index in [9.17, 15) is 4.79 Å². The lowest BCUT2D eigenvalue weighted by atomic mass is 10.1. The molecule has 1 aliphatic heterocycles. The summed E-state index contributed by atoms with van der Waals surface area (Å²) in [5, 5.41) is 3.07. The Balaban J connectivity index is 1.47. The number of hydrogen-bond donors (Lipinski definition) is 1. The molecule has 0 aliphatic carbocycles. The molecule has 3 rings (SSSR count). The first-order valence-corrected chi connectivity index (χ1v) is 8.98. The van der Waals surface area contributed by atoms with Gasteiger partial charge >= 0.3 is 0 Å². The summed E-state index contributed by atoms with van der Waals surface area (Å²) in [6, 6.07) is 18.6. The SMILES string of the molecule is CC(NC(=O)CCc1ccc(N2CCOCC2)cc1)c1ccccc1. The molecule has 0 saturated carbocycles. The molecule has 4 nitrogen and oxygen atoms in total. The predicted octanol–water partition coefficient (Wildman–Crippen LogP) is 3.33. The maximum Gasteiger partial charge on any atom is 0.220 e. The molecule has 2 aromatic rings. The lowest BCUT2D eigenvalue weighted by Gasteiger charge is -2.28. The van der Waals surface area contributed by atoms with Gasteiger partial charge in [0.2, 0.25) is 5.91 Å². The molecule has 0 aromatic heterocycles. The van der Waals surface area contributed by atoms with Crippen LogP contribution in [0, 0.1) is 0 Å². The molecule has 2 aromatic carbocycles. The van der Waals surface area contributed by atoms with Crippen LogP contribution in [0.1, 0.15) is 30.5 Å². The summed E-state index contributed by atoms with van der Waals surface area (Å²) in [4.78, 5) is 14.5. The highest BCUT2D eigenvalue weighted by Gasteiger charge is 2.12. The number of amides is 1. The van der Waals surface area contributed by atoms with Crippen molar-refractivity contribution < 1.29 is 9.53 Å². The molecule has 132 valence electrons. The van der Waals surface area contributed by atoms with Crippen molar-refractivity contribution >= 4 is 11.6 Å². The summed E-state index contributed by atoms with van der Waals surface area (Å²) >= 11 is 0. The fourth-order valence-corrected chi connectivity index (χ4v) is 3.09. The first-order chi connectivity index (χ1) is 12.2. The second-order valence-electron chi connectivity index (χ2n) is 6.47. The summed E-state index contributed by atoms with van der Waals surface area (Å²) < 4.78 is 5.39. The van der Waals surface area contributed by atoms with Gasteiger partial charge in [0.1, 0.15) is 0 Å². The van der Waals surface area contributed by atoms with Crippen LogP contribution in [0.25, 0.3) is 0 Å². The zero-order valence-electron chi connectivity index (χ0n) is 14.8. The van der Waals surface area contributed by atoms with Crippen LogP contribution in [0.4, 0.5) is 5.69 Å². The third-order valence-electron chi connectivity index (χ3n) is 4.63. The number of ether oxygens (including phenoxy) is 1. The number of morpholine rings is 1. The summed E-state index contributed by atoms with van der Waals surface area (Å²) in [7, 11) is 0. The molecule has 1 N–H and O–H groups in total. The van der Waals surface area contributed by atoms with Gasteiger partial charge in [-0.05, 0) is 36.6 Å². The third-order valence-corrected chi connectivity index (χ3v) is 4.63. The van der Waals surface area contributed by atoms with E-state index in [4.69, 9.17) is 4.74 Å². The maximum absolute atomic E-state index is 12.2. The first kappa shape index (κ1) is 17.5. The van der Waals surface area contributed by atoms with Crippen molar-refractivity contribution in [2.24, 2.45) is 0 Å². The summed E-state index contributed by atoms with van der Waals surface area (Å²) in [5.41, 5.74) is 3.56. The van der Waals surface area contributed by atoms with Crippen LogP contribution in [0.2, 0.25) is 0 Å². The monoisotopic (exact) mass is 338 g/mol. The van der Waals surface area contributed by atoms with Crippen molar-refractivity contribution in [1.82, 2.24) is 5.32 Å². The summed E-state index contributed by atoms with van der Waals surface area (Å²) in [6.07, 6.45) is 1.27. The number of aryl methyl sites for hydroxylation is 1. The minimum Gasteiger partial charge on any atom is -0.378 e. The second kappa shape index (κ2) is 8.67. The molecule has 1 fully saturated rings. The van der Waals surface area contributed by atoms with Gasteiger partial charge in [-0.25, -0.2) is 0 Å². The molecule has 1 saturated heterocycles. The highest BCUT2D eigenvalue weighted by molar-refractivity contribution is 5.76. The third kappa shape index (κ3) is 5.07. The average molecular weight is 338 g/mol. The number of carbonyl (C=O) groups excluding carboxylic acids is 1. The van der Waals surface area contributed by atoms with Crippen LogP contribution >= 0.6 is 0 Å². The Morgan fingerprint density at radius 2 is 1.76 bits per heavy atom. The Hall–Kier alpha value is -2.33. The summed E-state index contributed by atoms with van der Waals surface area (Å²) in [5.74, 6) is 0.0913. The van der Waals surface area contributed by atoms with E-state index in [0.717, 1.165) is 38.3 Å². The van der Waals surface area contributed by atoms with E-state index in [1.807, 2.05) is 37.3 Å². The smallest absolute Gasteiger partial charge is 0.220 e. The predicted molar refractivity (Wildman–Crippen MR) is 101 cm³/mol. The molecule has 1 heterocycles. The van der Waals surface area contributed by atoms with Gasteiger partial charge in [-0.15, -0.1) is 0 Å². The van der Waals surface area contributed by atoms with Gasteiger partial charge in [-0.3, -0.25) is 4.79 Å². The fraction of sp³-hybridized carbons (Fsp3) is 0.381. The van der Waals surface area contributed by atoms with E-state index in [2.05, 4.69) is 34.5 Å². The van der Waals surface area contributed by atoms with Gasteiger partial charge in [0.15, 0.2) is 0 Å². The molecule has 25 heavy (non-hydrogen) atoms. The average Bonchev–Trinajstić information content (AvgIpc) is 2.68. The molecule has 1 unspecified atom stereocenters. The van der Waals surface area contributed by atoms with Gasteiger partial charge in [-0.1, -0.05) is 42.5 Å². The van der Waals surface area contributed by atoms with Crippen molar-refractivity contribution in [3.63, 3.8) is 0 Å². The normalized spacial score (nSPS) is 15.6. The molecule has 0 bridgehead atoms. The minimum atomic E-state index is 0.0393. The van der Waals surface area contributed by atoms with Gasteiger partial charge in [0.05, 0.1) is 19.3 Å². The molecule has 1 atom stereocenters. The second-order valence-corrected chi connectivity index (χ2v) is 6.47. The molecule has 1 amide bonds. The van der Waals surface area contributed by atoms with Crippen molar-refractivity contribution in [1.29, 1.82) is 0 Å². The van der Waals surface area contributed by atoms with Gasteiger partial charge in [0, 0.05) is 25.2 Å². The van der Waals surface area contributed by atoms with Crippen LogP contribution in [0.3, 0.4) is 0 Å². The number of anilines is 1. The molecule has 1 aliphatic rings. The van der Waals surface area contributed by atoms with Crippen LogP contribution in [-0.4, -0.2) is 32.2 Å². The zero-order valence-corrected chi connectivity index (χ0v) is 14.8. The molecule has 0 radical (unpaired) electrons. The first-order valence-electron chi connectivity index (χ1n) is 8.98. The Labute approximate surface area is 149 Å². The largest absolute Gasteiger partial charge is 0.378 e. The Morgan fingerprint density at radius 1 is 1.08 bits per heavy atom. The number of carbonyl (C=O) groups is 1. The van der Waals surface area contributed by atoms with Crippen molar-refractivity contribution in [2.75, 3.05) is 31.2 Å². The number of nitrogens with zero attached hydrogens (tertiary/aromatic N) is 1. The van der Waals surface area contributed by atoms with Crippen LogP contribution < -0.4 is 10.2 Å². The Bertz CT molecular complexity index is 664. The van der Waals surface area contributed by atoms with E-state index < -0.39 is 0 Å². The van der Waals surface area contributed by atoms with Gasteiger partial charge < -0.3 is 15.0 Å². The molecular formula is C21H26N2O2. The highest BCUT2D eigenvalue weighted by Crippen LogP contribution is 2.17. The van der Waals surface area contributed by atoms with Gasteiger partial charge in [0.25, 0.3) is 0 Å². The topological polar surface area (TPSA) is 41.6 Å². The highest BCUT2D eigenvalue weighted by atomic mass is 16.5. The Kier molecular flexibility index (Phi) is 6.07. The van der Waals surface area contributed by atoms with Crippen LogP contribution in [-0.2, 0) is 16.0 Å². The minimum absolute atomic E-state index is 0.0393. The van der Waals surface area contributed by atoms with Crippen LogP contribution in [0.5, 0.6) is 0 Å². The zero-order chi connectivity index (χ0) is 17.5. The number of nitrogens with one attached hydrogen (secondary N) is 1. The fourth-order valence-electron chi connectivity index (χ4n) is 3.09. The van der Waals surface area contributed by atoms with E-state index in [-0.39, 0.29) is 11.9 Å². The lowest BCUT2D eigenvalue weighted by Crippen LogP contribution is -2.36. The standard InChI is InChI=1S/C21H26N2O2/c1-17(19-5-3-2-4-6-19)22-21(24)12-9-18-7-10-20(11-8-18)23-13-15-25-16-14-23/h2-8,10-11,17H,9,12-16H2,1H3,(H,22,24). The van der Waals surface area contributed by atoms with Crippen molar-refractivity contribution in [3.8, 4) is 0 Å². The van der Waals surface area contributed by atoms with E-state index in [1.54, 1.807) is 0 Å². The molecule has 0 spiro atoms. The molecule has 4 heteroatoms. The quantitative estimate of drug-likeness (QED) is 0.878. The van der Waals surface area contributed by atoms with E-state index in [0.29, 0.717) is 6.42 Å². The number of rotatable bonds is 6. The van der Waals surface area contributed by atoms with Crippen molar-refractivity contribution in [2.45, 2.75) is 25.8 Å². The van der Waals surface area contributed by atoms with E-state index in [1.165, 1.54) is 11.3 Å². The lowest BCUT2D eigenvalue weighted by molar-refractivity contribution is -0.121. The van der Waals surface area contributed by atoms with Crippen molar-refractivity contribution in [3.05, 3.63) is 65.7 Å². The summed E-state index contributed by atoms with van der Waals surface area (Å²) in [6.45, 7) is 5.49. The number of benzene rings is 2. The molecular weight excluding hydrogens is 312 g/mol. The van der Waals surface area contributed by atoms with Crippen LogP contribution in [0.15, 0.2) is 54.6 Å². The maximum atomic E-state index is 12.2. The van der Waals surface area contributed by atoms with Gasteiger partial charge in [-0.2, -0.15) is 0 Å². The van der Waals surface area contributed by atoms with E-state index >= 15 is 0 Å².